The van der Waals surface area contributed by atoms with Crippen molar-refractivity contribution in [1.82, 2.24) is 5.32 Å². The largest absolute Gasteiger partial charge is 0.497 e. The van der Waals surface area contributed by atoms with Crippen molar-refractivity contribution < 1.29 is 19.1 Å². The van der Waals surface area contributed by atoms with Crippen LogP contribution in [0.15, 0.2) is 91.0 Å². The number of amides is 2. The molecule has 4 aromatic carbocycles. The van der Waals surface area contributed by atoms with Gasteiger partial charge in [-0.2, -0.15) is 0 Å². The lowest BCUT2D eigenvalue weighted by atomic mass is 9.74. The number of carbonyl (C=O) groups is 2. The van der Waals surface area contributed by atoms with Gasteiger partial charge in [0.15, 0.2) is 0 Å². The molecule has 38 heavy (non-hydrogen) atoms. The van der Waals surface area contributed by atoms with E-state index in [0.717, 1.165) is 34.9 Å². The smallest absolute Gasteiger partial charge is 0.251 e. The summed E-state index contributed by atoms with van der Waals surface area (Å²) in [5.74, 6) is 0.571. The third-order valence-electron chi connectivity index (χ3n) is 7.40. The maximum atomic E-state index is 13.0. The second kappa shape index (κ2) is 11.5. The van der Waals surface area contributed by atoms with Crippen LogP contribution in [-0.4, -0.2) is 38.7 Å². The molecule has 0 radical (unpaired) electrons. The minimum absolute atomic E-state index is 0.0977. The molecule has 0 unspecified atom stereocenters. The van der Waals surface area contributed by atoms with Gasteiger partial charge in [0.1, 0.15) is 5.75 Å². The van der Waals surface area contributed by atoms with E-state index in [1.165, 1.54) is 5.56 Å². The Labute approximate surface area is 223 Å². The molecule has 0 saturated carbocycles. The van der Waals surface area contributed by atoms with Crippen molar-refractivity contribution in [2.45, 2.75) is 24.7 Å². The topological polar surface area (TPSA) is 76.7 Å². The van der Waals surface area contributed by atoms with E-state index in [0.29, 0.717) is 31.0 Å². The van der Waals surface area contributed by atoms with Crippen LogP contribution in [0.3, 0.4) is 0 Å². The van der Waals surface area contributed by atoms with E-state index in [2.05, 4.69) is 22.8 Å². The zero-order chi connectivity index (χ0) is 26.4. The number of anilines is 1. The number of carbonyl (C=O) groups excluding carboxylic acids is 2. The first-order valence-electron chi connectivity index (χ1n) is 12.9. The van der Waals surface area contributed by atoms with Crippen molar-refractivity contribution in [3.05, 3.63) is 108 Å². The molecule has 6 heteroatoms. The highest BCUT2D eigenvalue weighted by molar-refractivity contribution is 5.97. The summed E-state index contributed by atoms with van der Waals surface area (Å²) in [6.07, 6.45) is 1.95. The van der Waals surface area contributed by atoms with Crippen LogP contribution in [0.25, 0.3) is 10.8 Å². The van der Waals surface area contributed by atoms with Crippen LogP contribution in [0.1, 0.15) is 34.3 Å². The number of benzene rings is 4. The monoisotopic (exact) mass is 508 g/mol. The zero-order valence-electron chi connectivity index (χ0n) is 21.5. The van der Waals surface area contributed by atoms with E-state index in [4.69, 9.17) is 9.47 Å². The molecule has 0 atom stereocenters. The van der Waals surface area contributed by atoms with Crippen molar-refractivity contribution in [2.75, 3.05) is 32.2 Å². The first-order chi connectivity index (χ1) is 18.6. The predicted octanol–water partition coefficient (Wildman–Crippen LogP) is 5.51. The number of methoxy groups -OCH3 is 1. The number of ether oxygens (including phenoxy) is 2. The third-order valence-corrected chi connectivity index (χ3v) is 7.40. The first kappa shape index (κ1) is 25.5. The summed E-state index contributed by atoms with van der Waals surface area (Å²) < 4.78 is 10.9. The van der Waals surface area contributed by atoms with Gasteiger partial charge >= 0.3 is 0 Å². The van der Waals surface area contributed by atoms with Crippen molar-refractivity contribution in [1.29, 1.82) is 0 Å². The molecule has 0 bridgehead atoms. The van der Waals surface area contributed by atoms with Crippen molar-refractivity contribution in [2.24, 2.45) is 0 Å². The highest BCUT2D eigenvalue weighted by atomic mass is 16.5. The maximum absolute atomic E-state index is 13.0. The second-order valence-corrected chi connectivity index (χ2v) is 9.74. The van der Waals surface area contributed by atoms with Gasteiger partial charge in [0, 0.05) is 36.4 Å². The molecule has 1 aliphatic rings. The number of fused-ring (bicyclic) bond motifs is 1. The molecule has 1 saturated heterocycles. The summed E-state index contributed by atoms with van der Waals surface area (Å²) in [6.45, 7) is 1.84. The molecular weight excluding hydrogens is 476 g/mol. The first-order valence-corrected chi connectivity index (χ1v) is 12.9. The minimum Gasteiger partial charge on any atom is -0.497 e. The summed E-state index contributed by atoms with van der Waals surface area (Å²) in [4.78, 5) is 25.7. The number of hydrogen-bond donors (Lipinski definition) is 2. The molecule has 4 aromatic rings. The van der Waals surface area contributed by atoms with Crippen LogP contribution >= 0.6 is 0 Å². The molecule has 5 rings (SSSR count). The fourth-order valence-corrected chi connectivity index (χ4v) is 5.16. The second-order valence-electron chi connectivity index (χ2n) is 9.74. The summed E-state index contributed by atoms with van der Waals surface area (Å²) in [5.41, 5.74) is 3.18. The van der Waals surface area contributed by atoms with Crippen molar-refractivity contribution >= 4 is 28.3 Å². The van der Waals surface area contributed by atoms with E-state index >= 15 is 0 Å². The predicted molar refractivity (Wildman–Crippen MR) is 150 cm³/mol. The van der Waals surface area contributed by atoms with Gasteiger partial charge in [-0.15, -0.1) is 0 Å². The average Bonchev–Trinajstić information content (AvgIpc) is 2.97. The number of rotatable bonds is 8. The summed E-state index contributed by atoms with van der Waals surface area (Å²) in [6, 6.07) is 29.1. The Bertz CT molecular complexity index is 1400. The van der Waals surface area contributed by atoms with Crippen LogP contribution in [0, 0.1) is 0 Å². The average molecular weight is 509 g/mol. The standard InChI is InChI=1S/C32H32N2O4/c1-37-28-15-11-26(12-16-28)32(17-19-38-20-18-32)22-33-31(36)24-9-13-27(14-10-24)34-30(35)21-25-7-4-6-23-5-2-3-8-29(23)25/h2-16H,17-22H2,1H3,(H,33,36)(H,34,35). The van der Waals surface area contributed by atoms with Crippen LogP contribution in [-0.2, 0) is 21.4 Å². The molecule has 6 nitrogen and oxygen atoms in total. The Morgan fingerprint density at radius 1 is 0.868 bits per heavy atom. The zero-order valence-corrected chi connectivity index (χ0v) is 21.5. The molecule has 2 N–H and O–H groups in total. The van der Waals surface area contributed by atoms with E-state index < -0.39 is 0 Å². The van der Waals surface area contributed by atoms with Gasteiger partial charge in [-0.1, -0.05) is 54.6 Å². The molecule has 1 aliphatic heterocycles. The summed E-state index contributed by atoms with van der Waals surface area (Å²) in [7, 11) is 1.65. The van der Waals surface area contributed by atoms with Crippen molar-refractivity contribution in [3.63, 3.8) is 0 Å². The molecular formula is C32H32N2O4. The van der Waals surface area contributed by atoms with E-state index in [9.17, 15) is 9.59 Å². The van der Waals surface area contributed by atoms with Crippen LogP contribution in [0.2, 0.25) is 0 Å². The van der Waals surface area contributed by atoms with E-state index in [1.807, 2.05) is 54.6 Å². The van der Waals surface area contributed by atoms with Gasteiger partial charge < -0.3 is 20.1 Å². The van der Waals surface area contributed by atoms with E-state index in [-0.39, 0.29) is 23.7 Å². The minimum atomic E-state index is -0.185. The summed E-state index contributed by atoms with van der Waals surface area (Å²) >= 11 is 0. The molecule has 2 amide bonds. The van der Waals surface area contributed by atoms with Gasteiger partial charge in [0.2, 0.25) is 5.91 Å². The van der Waals surface area contributed by atoms with Crippen LogP contribution in [0.5, 0.6) is 5.75 Å². The Morgan fingerprint density at radius 3 is 2.32 bits per heavy atom. The van der Waals surface area contributed by atoms with Gasteiger partial charge in [-0.25, -0.2) is 0 Å². The van der Waals surface area contributed by atoms with Gasteiger partial charge in [0.05, 0.1) is 13.5 Å². The number of nitrogens with one attached hydrogen (secondary N) is 2. The molecule has 0 aliphatic carbocycles. The highest BCUT2D eigenvalue weighted by Gasteiger charge is 2.35. The maximum Gasteiger partial charge on any atom is 0.251 e. The lowest BCUT2D eigenvalue weighted by molar-refractivity contribution is -0.115. The van der Waals surface area contributed by atoms with Gasteiger partial charge in [-0.3, -0.25) is 9.59 Å². The normalized spacial score (nSPS) is 14.6. The molecule has 0 aromatic heterocycles. The quantitative estimate of drug-likeness (QED) is 0.329. The van der Waals surface area contributed by atoms with Gasteiger partial charge in [-0.05, 0) is 71.1 Å². The molecule has 0 spiro atoms. The fraction of sp³-hybridized carbons (Fsp3) is 0.250. The Kier molecular flexibility index (Phi) is 7.70. The van der Waals surface area contributed by atoms with E-state index in [1.54, 1.807) is 31.4 Å². The van der Waals surface area contributed by atoms with Crippen LogP contribution < -0.4 is 15.4 Å². The Morgan fingerprint density at radius 2 is 1.58 bits per heavy atom. The lowest BCUT2D eigenvalue weighted by Crippen LogP contribution is -2.44. The third kappa shape index (κ3) is 5.71. The molecule has 1 heterocycles. The fourth-order valence-electron chi connectivity index (χ4n) is 5.16. The SMILES string of the molecule is COc1ccc(C2(CNC(=O)c3ccc(NC(=O)Cc4cccc5ccccc45)cc3)CCOCC2)cc1. The highest BCUT2D eigenvalue weighted by Crippen LogP contribution is 2.35. The molecule has 1 fully saturated rings. The van der Waals surface area contributed by atoms with Crippen molar-refractivity contribution in [3.8, 4) is 5.75 Å². The Hall–Kier alpha value is -4.16. The van der Waals surface area contributed by atoms with Gasteiger partial charge in [0.25, 0.3) is 5.91 Å². The Balaban J connectivity index is 1.21. The summed E-state index contributed by atoms with van der Waals surface area (Å²) in [5, 5.41) is 8.27. The molecule has 194 valence electrons. The lowest BCUT2D eigenvalue weighted by Gasteiger charge is -2.38. The number of hydrogen-bond acceptors (Lipinski definition) is 4. The van der Waals surface area contributed by atoms with Crippen LogP contribution in [0.4, 0.5) is 5.69 Å².